The average molecular weight is 875 g/mol. The number of nitrogens with zero attached hydrogens (tertiary/aromatic N) is 1. The van der Waals surface area contributed by atoms with Gasteiger partial charge in [-0.15, -0.1) is 0 Å². The van der Waals surface area contributed by atoms with E-state index in [9.17, 15) is 16.8 Å². The zero-order valence-corrected chi connectivity index (χ0v) is 39.9. The van der Waals surface area contributed by atoms with Crippen LogP contribution in [0, 0.1) is 0 Å². The third-order valence-electron chi connectivity index (χ3n) is 12.0. The summed E-state index contributed by atoms with van der Waals surface area (Å²) in [6.07, 6.45) is 12.8. The molecule has 0 atom stereocenters. The number of benzene rings is 4. The predicted molar refractivity (Wildman–Crippen MR) is 257 cm³/mol. The summed E-state index contributed by atoms with van der Waals surface area (Å²) >= 11 is 0. The molecule has 0 heterocycles. The van der Waals surface area contributed by atoms with Crippen molar-refractivity contribution in [3.8, 4) is 5.75 Å². The van der Waals surface area contributed by atoms with Crippen LogP contribution in [-0.2, 0) is 30.9 Å². The maximum Gasteiger partial charge on any atom is 0.261 e. The number of nitrogens with one attached hydrogen (secondary N) is 3. The van der Waals surface area contributed by atoms with Crippen molar-refractivity contribution in [3.05, 3.63) is 102 Å². The minimum absolute atomic E-state index is 0.0580. The quantitative estimate of drug-likeness (QED) is 0.0487. The van der Waals surface area contributed by atoms with E-state index in [1.54, 1.807) is 30.3 Å². The molecular weight excluding hydrogens is 801 g/mol. The van der Waals surface area contributed by atoms with Gasteiger partial charge in [-0.1, -0.05) is 124 Å². The van der Waals surface area contributed by atoms with E-state index in [1.165, 1.54) is 67.9 Å². The third-order valence-corrected chi connectivity index (χ3v) is 14.9. The first-order valence-corrected chi connectivity index (χ1v) is 25.6. The number of unbranched alkanes of at least 4 members (excludes halogenated alkanes) is 7. The minimum atomic E-state index is -4.09. The molecule has 3 N–H and O–H groups in total. The summed E-state index contributed by atoms with van der Waals surface area (Å²) in [5.41, 5.74) is 4.82. The van der Waals surface area contributed by atoms with E-state index in [-0.39, 0.29) is 32.9 Å². The number of ether oxygens (including phenoxy) is 1. The Morgan fingerprint density at radius 1 is 0.607 bits per heavy atom. The van der Waals surface area contributed by atoms with Crippen LogP contribution in [0.4, 0.5) is 22.7 Å². The van der Waals surface area contributed by atoms with Gasteiger partial charge in [0.05, 0.1) is 22.9 Å². The van der Waals surface area contributed by atoms with Gasteiger partial charge in [-0.25, -0.2) is 21.6 Å². The van der Waals surface area contributed by atoms with Gasteiger partial charge in [0, 0.05) is 36.6 Å². The van der Waals surface area contributed by atoms with Crippen molar-refractivity contribution >= 4 is 42.8 Å². The molecule has 0 saturated heterocycles. The van der Waals surface area contributed by atoms with Crippen molar-refractivity contribution < 1.29 is 21.6 Å². The van der Waals surface area contributed by atoms with Crippen LogP contribution < -0.4 is 24.4 Å². The largest absolute Gasteiger partial charge is 0.493 e. The van der Waals surface area contributed by atoms with Crippen molar-refractivity contribution in [1.29, 1.82) is 0 Å². The highest BCUT2D eigenvalue weighted by Gasteiger charge is 2.27. The SMILES string of the molecule is CCCCCCN(CCCCCC)c1ccc(Nc2ccc(NS(=O)(=O)c3ccccc3)cc2S(=O)(=O)NCCCCOc2ccc(C(C)(C)CC)cc2C(C)(C)CC)cc1. The Morgan fingerprint density at radius 3 is 1.84 bits per heavy atom. The van der Waals surface area contributed by atoms with E-state index >= 15 is 0 Å². The summed E-state index contributed by atoms with van der Waals surface area (Å²) in [7, 11) is -8.05. The van der Waals surface area contributed by atoms with Gasteiger partial charge in [0.2, 0.25) is 10.0 Å². The fourth-order valence-corrected chi connectivity index (χ4v) is 9.49. The lowest BCUT2D eigenvalue weighted by Gasteiger charge is -2.30. The van der Waals surface area contributed by atoms with Crippen LogP contribution in [0.1, 0.15) is 144 Å². The van der Waals surface area contributed by atoms with E-state index in [4.69, 9.17) is 4.74 Å². The normalized spacial score (nSPS) is 12.3. The molecule has 0 aliphatic heterocycles. The van der Waals surface area contributed by atoms with Gasteiger partial charge in [0.1, 0.15) is 10.6 Å². The lowest BCUT2D eigenvalue weighted by molar-refractivity contribution is 0.296. The minimum Gasteiger partial charge on any atom is -0.493 e. The maximum atomic E-state index is 14.1. The van der Waals surface area contributed by atoms with Gasteiger partial charge in [0.15, 0.2) is 0 Å². The van der Waals surface area contributed by atoms with Crippen molar-refractivity contribution in [2.45, 2.75) is 153 Å². The topological polar surface area (TPSA) is 117 Å². The predicted octanol–water partition coefficient (Wildman–Crippen LogP) is 12.7. The smallest absolute Gasteiger partial charge is 0.261 e. The molecule has 0 spiro atoms. The number of hydrogen-bond acceptors (Lipinski definition) is 7. The summed E-state index contributed by atoms with van der Waals surface area (Å²) < 4.78 is 66.4. The highest BCUT2D eigenvalue weighted by molar-refractivity contribution is 7.92. The van der Waals surface area contributed by atoms with Crippen LogP contribution in [0.25, 0.3) is 0 Å². The monoisotopic (exact) mass is 875 g/mol. The fraction of sp³-hybridized carbons (Fsp3) is 0.520. The zero-order valence-electron chi connectivity index (χ0n) is 38.3. The number of anilines is 4. The van der Waals surface area contributed by atoms with Crippen LogP contribution in [0.15, 0.2) is 101 Å². The Morgan fingerprint density at radius 2 is 1.23 bits per heavy atom. The van der Waals surface area contributed by atoms with Crippen molar-refractivity contribution in [3.63, 3.8) is 0 Å². The van der Waals surface area contributed by atoms with E-state index in [0.29, 0.717) is 25.1 Å². The van der Waals surface area contributed by atoms with Gasteiger partial charge in [-0.2, -0.15) is 0 Å². The molecule has 0 aliphatic carbocycles. The number of hydrogen-bond donors (Lipinski definition) is 3. The molecule has 9 nitrogen and oxygen atoms in total. The molecule has 11 heteroatoms. The summed E-state index contributed by atoms with van der Waals surface area (Å²) in [5, 5.41) is 3.32. The van der Waals surface area contributed by atoms with Gasteiger partial charge >= 0.3 is 0 Å². The standard InChI is InChI=1S/C50H74N4O5S2/c1-9-13-15-21-35-54(36-22-16-14-10-2)43-30-27-41(28-31-43)52-46-32-29-42(53-60(55,56)44-24-18-17-19-25-44)39-48(46)61(57,58)51-34-20-23-37-59-47-33-26-40(49(5,6)11-3)38-45(47)50(7,8)12-4/h17-19,24-33,38-39,51-53H,9-16,20-23,34-37H2,1-8H3. The first-order valence-electron chi connectivity index (χ1n) is 22.7. The molecule has 0 aliphatic rings. The maximum absolute atomic E-state index is 14.1. The van der Waals surface area contributed by atoms with E-state index in [1.807, 2.05) is 12.1 Å². The van der Waals surface area contributed by atoms with Gasteiger partial charge < -0.3 is 15.0 Å². The molecule has 4 aromatic rings. The van der Waals surface area contributed by atoms with E-state index in [0.717, 1.165) is 55.9 Å². The van der Waals surface area contributed by atoms with Gasteiger partial charge in [0.25, 0.3) is 10.0 Å². The summed E-state index contributed by atoms with van der Waals surface area (Å²) in [5.74, 6) is 0.869. The van der Waals surface area contributed by atoms with Gasteiger partial charge in [-0.05, 0) is 116 Å². The lowest BCUT2D eigenvalue weighted by atomic mass is 9.76. The second-order valence-electron chi connectivity index (χ2n) is 17.5. The van der Waals surface area contributed by atoms with Crippen LogP contribution in [0.3, 0.4) is 0 Å². The van der Waals surface area contributed by atoms with Crippen LogP contribution in [0.5, 0.6) is 5.75 Å². The molecule has 0 radical (unpaired) electrons. The Labute approximate surface area is 369 Å². The zero-order chi connectivity index (χ0) is 44.5. The Bertz CT molecular complexity index is 2140. The molecule has 0 bridgehead atoms. The van der Waals surface area contributed by atoms with Crippen molar-refractivity contribution in [1.82, 2.24) is 4.72 Å². The molecule has 0 amide bonds. The van der Waals surface area contributed by atoms with E-state index in [2.05, 4.69) is 105 Å². The molecule has 0 fully saturated rings. The first-order chi connectivity index (χ1) is 29.1. The molecular formula is C50H74N4O5S2. The van der Waals surface area contributed by atoms with Crippen molar-refractivity contribution in [2.75, 3.05) is 41.2 Å². The molecule has 336 valence electrons. The Hall–Kier alpha value is -4.06. The molecule has 4 rings (SSSR count). The molecule has 61 heavy (non-hydrogen) atoms. The lowest BCUT2D eigenvalue weighted by Crippen LogP contribution is -2.26. The second kappa shape index (κ2) is 23.4. The van der Waals surface area contributed by atoms with Crippen molar-refractivity contribution in [2.24, 2.45) is 0 Å². The molecule has 0 saturated carbocycles. The molecule has 0 unspecified atom stereocenters. The Kier molecular flexibility index (Phi) is 19.0. The van der Waals surface area contributed by atoms with E-state index < -0.39 is 20.0 Å². The Balaban J connectivity index is 1.51. The summed E-state index contributed by atoms with van der Waals surface area (Å²) in [6, 6.07) is 27.2. The van der Waals surface area contributed by atoms with Crippen LogP contribution in [0.2, 0.25) is 0 Å². The van der Waals surface area contributed by atoms with Crippen LogP contribution in [-0.4, -0.2) is 43.1 Å². The van der Waals surface area contributed by atoms with Crippen LogP contribution >= 0.6 is 0 Å². The second-order valence-corrected chi connectivity index (χ2v) is 21.0. The number of rotatable bonds is 28. The highest BCUT2D eigenvalue weighted by Crippen LogP contribution is 2.39. The molecule has 0 aromatic heterocycles. The van der Waals surface area contributed by atoms with Gasteiger partial charge in [-0.3, -0.25) is 4.72 Å². The molecule has 4 aromatic carbocycles. The summed E-state index contributed by atoms with van der Waals surface area (Å²) in [4.78, 5) is 2.48. The third kappa shape index (κ3) is 14.8. The summed E-state index contributed by atoms with van der Waals surface area (Å²) in [6.45, 7) is 20.5. The first kappa shape index (κ1) is 49.6. The fourth-order valence-electron chi connectivity index (χ4n) is 7.16. The average Bonchev–Trinajstić information content (AvgIpc) is 3.25. The highest BCUT2D eigenvalue weighted by atomic mass is 32.2. The number of sulfonamides is 2.